The molecule has 3 aromatic carbocycles. The maximum atomic E-state index is 13.8. The molecule has 5 rings (SSSR count). The van der Waals surface area contributed by atoms with Gasteiger partial charge in [-0.3, -0.25) is 14.7 Å². The predicted octanol–water partition coefficient (Wildman–Crippen LogP) is 6.65. The average molecular weight is 444 g/mol. The molecule has 2 heterocycles. The van der Waals surface area contributed by atoms with Crippen LogP contribution in [0.25, 0.3) is 21.0 Å². The van der Waals surface area contributed by atoms with Crippen molar-refractivity contribution in [1.29, 1.82) is 0 Å². The minimum Gasteiger partial charge on any atom is -0.279 e. The molecule has 0 unspecified atom stereocenters. The second-order valence-electron chi connectivity index (χ2n) is 7.35. The second kappa shape index (κ2) is 8.10. The van der Waals surface area contributed by atoms with Crippen molar-refractivity contribution >= 4 is 55.0 Å². The van der Waals surface area contributed by atoms with Gasteiger partial charge < -0.3 is 0 Å². The lowest BCUT2D eigenvalue weighted by atomic mass is 10.0. The van der Waals surface area contributed by atoms with Gasteiger partial charge in [-0.2, -0.15) is 0 Å². The van der Waals surface area contributed by atoms with Crippen molar-refractivity contribution < 1.29 is 4.79 Å². The molecule has 0 aliphatic rings. The molecule has 0 saturated heterocycles. The summed E-state index contributed by atoms with van der Waals surface area (Å²) in [5.74, 6) is -0.0940. The lowest BCUT2D eigenvalue weighted by Crippen LogP contribution is -2.30. The van der Waals surface area contributed by atoms with E-state index in [2.05, 4.69) is 4.98 Å². The number of fused-ring (bicyclic) bond motifs is 2. The van der Waals surface area contributed by atoms with Crippen LogP contribution in [0.5, 0.6) is 0 Å². The predicted molar refractivity (Wildman–Crippen MR) is 128 cm³/mol. The summed E-state index contributed by atoms with van der Waals surface area (Å²) < 4.78 is 0.960. The zero-order chi connectivity index (χ0) is 21.4. The Morgan fingerprint density at radius 3 is 2.74 bits per heavy atom. The van der Waals surface area contributed by atoms with Crippen LogP contribution in [0.3, 0.4) is 0 Å². The first-order chi connectivity index (χ1) is 15.1. The largest absolute Gasteiger partial charge is 0.279 e. The zero-order valence-corrected chi connectivity index (χ0v) is 18.3. The number of nitrogens with zero attached hydrogens (tertiary/aromatic N) is 3. The standard InChI is InChI=1S/C25H18ClN3OS/c1-16-12-19(26)13-22-23(16)28-25(31-22)29(15-17-6-5-11-27-14-17)24(30)21-10-4-8-18-7-2-3-9-20(18)21/h2-14H,15H2,1H3. The summed E-state index contributed by atoms with van der Waals surface area (Å²) in [4.78, 5) is 24.6. The summed E-state index contributed by atoms with van der Waals surface area (Å²) >= 11 is 7.73. The van der Waals surface area contributed by atoms with Crippen molar-refractivity contribution in [2.45, 2.75) is 13.5 Å². The fourth-order valence-electron chi connectivity index (χ4n) is 3.72. The number of amides is 1. The molecule has 5 aromatic rings. The van der Waals surface area contributed by atoms with Crippen molar-refractivity contribution in [1.82, 2.24) is 9.97 Å². The number of hydrogen-bond donors (Lipinski definition) is 0. The lowest BCUT2D eigenvalue weighted by Gasteiger charge is -2.21. The number of pyridine rings is 1. The Morgan fingerprint density at radius 2 is 1.90 bits per heavy atom. The molecule has 0 radical (unpaired) electrons. The molecule has 0 aliphatic heterocycles. The van der Waals surface area contributed by atoms with Crippen molar-refractivity contribution in [3.05, 3.63) is 101 Å². The highest BCUT2D eigenvalue weighted by Gasteiger charge is 2.24. The van der Waals surface area contributed by atoms with Gasteiger partial charge in [-0.1, -0.05) is 65.4 Å². The van der Waals surface area contributed by atoms with Gasteiger partial charge in [0, 0.05) is 23.0 Å². The highest BCUT2D eigenvalue weighted by Crippen LogP contribution is 2.35. The maximum Gasteiger partial charge on any atom is 0.261 e. The highest BCUT2D eigenvalue weighted by atomic mass is 35.5. The van der Waals surface area contributed by atoms with Crippen LogP contribution in [-0.4, -0.2) is 15.9 Å². The molecule has 31 heavy (non-hydrogen) atoms. The van der Waals surface area contributed by atoms with E-state index in [-0.39, 0.29) is 5.91 Å². The number of carbonyl (C=O) groups excluding carboxylic acids is 1. The SMILES string of the molecule is Cc1cc(Cl)cc2sc(N(Cc3cccnc3)C(=O)c3cccc4ccccc34)nc12. The Balaban J connectivity index is 1.65. The summed E-state index contributed by atoms with van der Waals surface area (Å²) in [7, 11) is 0. The molecule has 0 bridgehead atoms. The third-order valence-corrected chi connectivity index (χ3v) is 6.44. The number of rotatable bonds is 4. The smallest absolute Gasteiger partial charge is 0.261 e. The summed E-state index contributed by atoms with van der Waals surface area (Å²) in [5.41, 5.74) is 3.44. The third-order valence-electron chi connectivity index (χ3n) is 5.20. The fourth-order valence-corrected chi connectivity index (χ4v) is 5.13. The monoisotopic (exact) mass is 443 g/mol. The molecule has 2 aromatic heterocycles. The third kappa shape index (κ3) is 3.78. The Labute approximate surface area is 188 Å². The second-order valence-corrected chi connectivity index (χ2v) is 8.79. The Morgan fingerprint density at radius 1 is 1.06 bits per heavy atom. The number of aromatic nitrogens is 2. The first-order valence-electron chi connectivity index (χ1n) is 9.85. The highest BCUT2D eigenvalue weighted by molar-refractivity contribution is 7.22. The van der Waals surface area contributed by atoms with Gasteiger partial charge in [0.15, 0.2) is 5.13 Å². The van der Waals surface area contributed by atoms with Crippen LogP contribution < -0.4 is 4.90 Å². The van der Waals surface area contributed by atoms with E-state index in [1.54, 1.807) is 17.3 Å². The first-order valence-corrected chi connectivity index (χ1v) is 11.0. The Kier molecular flexibility index (Phi) is 5.14. The van der Waals surface area contributed by atoms with Gasteiger partial charge in [-0.25, -0.2) is 4.98 Å². The van der Waals surface area contributed by atoms with Crippen LogP contribution in [-0.2, 0) is 6.54 Å². The summed E-state index contributed by atoms with van der Waals surface area (Å²) in [6, 6.07) is 21.4. The normalized spacial score (nSPS) is 11.2. The van der Waals surface area contributed by atoms with Crippen molar-refractivity contribution in [2.24, 2.45) is 0 Å². The van der Waals surface area contributed by atoms with Crippen LogP contribution in [0, 0.1) is 6.92 Å². The molecule has 0 atom stereocenters. The van der Waals surface area contributed by atoms with Crippen LogP contribution in [0.15, 0.2) is 79.1 Å². The molecule has 6 heteroatoms. The van der Waals surface area contributed by atoms with E-state index in [0.29, 0.717) is 22.3 Å². The summed E-state index contributed by atoms with van der Waals surface area (Å²) in [5, 5.41) is 3.26. The van der Waals surface area contributed by atoms with Crippen LogP contribution in [0.1, 0.15) is 21.5 Å². The summed E-state index contributed by atoms with van der Waals surface area (Å²) in [6.07, 6.45) is 3.50. The number of aryl methyl sites for hydroxylation is 1. The number of benzene rings is 3. The zero-order valence-electron chi connectivity index (χ0n) is 16.7. The van der Waals surface area contributed by atoms with Crippen molar-refractivity contribution in [3.63, 3.8) is 0 Å². The first kappa shape index (κ1) is 19.7. The van der Waals surface area contributed by atoms with E-state index in [1.165, 1.54) is 11.3 Å². The van der Waals surface area contributed by atoms with Gasteiger partial charge in [0.2, 0.25) is 0 Å². The number of hydrogen-bond acceptors (Lipinski definition) is 4. The van der Waals surface area contributed by atoms with E-state index in [9.17, 15) is 4.79 Å². The number of anilines is 1. The number of carbonyl (C=O) groups is 1. The maximum absolute atomic E-state index is 13.8. The van der Waals surface area contributed by atoms with E-state index >= 15 is 0 Å². The van der Waals surface area contributed by atoms with Gasteiger partial charge in [0.25, 0.3) is 5.91 Å². The summed E-state index contributed by atoms with van der Waals surface area (Å²) in [6.45, 7) is 2.36. The van der Waals surface area contributed by atoms with Gasteiger partial charge >= 0.3 is 0 Å². The van der Waals surface area contributed by atoms with Gasteiger partial charge in [0.05, 0.1) is 16.8 Å². The minimum absolute atomic E-state index is 0.0940. The molecular formula is C25H18ClN3OS. The van der Waals surface area contributed by atoms with Crippen LogP contribution in [0.4, 0.5) is 5.13 Å². The fraction of sp³-hybridized carbons (Fsp3) is 0.0800. The van der Waals surface area contributed by atoms with E-state index in [4.69, 9.17) is 16.6 Å². The molecule has 0 aliphatic carbocycles. The number of halogens is 1. The topological polar surface area (TPSA) is 46.1 Å². The molecule has 0 N–H and O–H groups in total. The molecule has 152 valence electrons. The molecule has 0 fully saturated rings. The average Bonchev–Trinajstić information content (AvgIpc) is 3.21. The minimum atomic E-state index is -0.0940. The molecule has 0 spiro atoms. The Bertz CT molecular complexity index is 1410. The van der Waals surface area contributed by atoms with E-state index in [1.807, 2.05) is 73.7 Å². The molecule has 1 amide bonds. The quantitative estimate of drug-likeness (QED) is 0.312. The van der Waals surface area contributed by atoms with Crippen molar-refractivity contribution in [2.75, 3.05) is 4.90 Å². The Hall–Kier alpha value is -3.28. The van der Waals surface area contributed by atoms with Gasteiger partial charge in [-0.15, -0.1) is 0 Å². The van der Waals surface area contributed by atoms with Gasteiger partial charge in [0.1, 0.15) is 0 Å². The van der Waals surface area contributed by atoms with E-state index in [0.717, 1.165) is 32.1 Å². The number of thiazole rings is 1. The molecule has 0 saturated carbocycles. The van der Waals surface area contributed by atoms with Crippen LogP contribution in [0.2, 0.25) is 5.02 Å². The molecule has 4 nitrogen and oxygen atoms in total. The van der Waals surface area contributed by atoms with Crippen molar-refractivity contribution in [3.8, 4) is 0 Å². The van der Waals surface area contributed by atoms with Gasteiger partial charge in [-0.05, 0) is 53.1 Å². The molecular weight excluding hydrogens is 426 g/mol. The van der Waals surface area contributed by atoms with E-state index < -0.39 is 0 Å². The van der Waals surface area contributed by atoms with Crippen LogP contribution >= 0.6 is 22.9 Å². The lowest BCUT2D eigenvalue weighted by molar-refractivity contribution is 0.0986.